The molecule has 34 heavy (non-hydrogen) atoms. The smallest absolute Gasteiger partial charge is 0.104 e. The van der Waals surface area contributed by atoms with Gasteiger partial charge in [-0.1, -0.05) is 84.0 Å². The maximum atomic E-state index is 10.4. The molecule has 1 aliphatic rings. The third-order valence-electron chi connectivity index (χ3n) is 7.22. The molecule has 3 heteroatoms. The largest absolute Gasteiger partial charge is 0.339 e. The van der Waals surface area contributed by atoms with Crippen molar-refractivity contribution in [3.63, 3.8) is 0 Å². The van der Waals surface area contributed by atoms with Crippen LogP contribution in [0.25, 0.3) is 16.6 Å². The molecule has 4 aromatic rings. The van der Waals surface area contributed by atoms with Gasteiger partial charge in [-0.2, -0.15) is 5.26 Å². The molecular weight excluding hydrogens is 414 g/mol. The van der Waals surface area contributed by atoms with Crippen LogP contribution in [-0.4, -0.2) is 11.1 Å². The van der Waals surface area contributed by atoms with Gasteiger partial charge in [0.25, 0.3) is 0 Å². The molecular formula is C31H33N3. The van der Waals surface area contributed by atoms with Crippen LogP contribution in [0.5, 0.6) is 0 Å². The molecule has 1 atom stereocenters. The van der Waals surface area contributed by atoms with Crippen molar-refractivity contribution in [2.75, 3.05) is 11.4 Å². The highest BCUT2D eigenvalue weighted by Gasteiger charge is 2.37. The molecule has 0 saturated heterocycles. The molecule has 1 aromatic heterocycles. The lowest BCUT2D eigenvalue weighted by molar-refractivity contribution is 0.335. The van der Waals surface area contributed by atoms with Gasteiger partial charge in [-0.15, -0.1) is 0 Å². The Bertz CT molecular complexity index is 1420. The van der Waals surface area contributed by atoms with Crippen molar-refractivity contribution in [2.45, 2.75) is 52.9 Å². The molecule has 2 heterocycles. The third-order valence-corrected chi connectivity index (χ3v) is 7.22. The van der Waals surface area contributed by atoms with Crippen molar-refractivity contribution in [3.8, 4) is 11.8 Å². The van der Waals surface area contributed by atoms with Gasteiger partial charge in [-0.3, -0.25) is 0 Å². The lowest BCUT2D eigenvalue weighted by Gasteiger charge is -2.28. The molecule has 0 radical (unpaired) electrons. The fourth-order valence-corrected chi connectivity index (χ4v) is 5.42. The van der Waals surface area contributed by atoms with E-state index in [1.165, 1.54) is 22.2 Å². The predicted octanol–water partition coefficient (Wildman–Crippen LogP) is 8.08. The van der Waals surface area contributed by atoms with Crippen LogP contribution < -0.4 is 4.90 Å². The van der Waals surface area contributed by atoms with Crippen molar-refractivity contribution >= 4 is 22.3 Å². The van der Waals surface area contributed by atoms with Crippen molar-refractivity contribution < 1.29 is 0 Å². The number of anilines is 2. The lowest BCUT2D eigenvalue weighted by Crippen LogP contribution is -2.24. The first-order chi connectivity index (χ1) is 16.1. The highest BCUT2D eigenvalue weighted by Crippen LogP contribution is 2.49. The van der Waals surface area contributed by atoms with Gasteiger partial charge in [0.2, 0.25) is 0 Å². The predicted molar refractivity (Wildman–Crippen MR) is 142 cm³/mol. The van der Waals surface area contributed by atoms with Gasteiger partial charge >= 0.3 is 0 Å². The molecule has 0 aliphatic carbocycles. The van der Waals surface area contributed by atoms with Crippen molar-refractivity contribution in [1.82, 2.24) is 4.57 Å². The van der Waals surface area contributed by atoms with E-state index in [1.54, 1.807) is 0 Å². The number of benzene rings is 3. The van der Waals surface area contributed by atoms with Crippen molar-refractivity contribution in [2.24, 2.45) is 5.41 Å². The molecule has 0 saturated carbocycles. The molecule has 0 spiro atoms. The van der Waals surface area contributed by atoms with Crippen molar-refractivity contribution in [1.29, 1.82) is 5.26 Å². The molecule has 172 valence electrons. The van der Waals surface area contributed by atoms with E-state index in [-0.39, 0.29) is 10.8 Å². The lowest BCUT2D eigenvalue weighted by atomic mass is 9.78. The van der Waals surface area contributed by atoms with E-state index in [9.17, 15) is 5.26 Å². The molecule has 0 fully saturated rings. The SMILES string of the molecule is CC(C)(C)c1cn(-c2cccc(N3CC(C(C)(C)C)c4ccccc43)c2C#N)c2ccccc12. The Balaban J connectivity index is 1.72. The van der Waals surface area contributed by atoms with Crippen LogP contribution in [0.15, 0.2) is 72.9 Å². The Hall–Kier alpha value is -3.51. The molecule has 0 N–H and O–H groups in total. The molecule has 1 aliphatic heterocycles. The van der Waals surface area contributed by atoms with Crippen LogP contribution in [0.1, 0.15) is 64.2 Å². The number of para-hydroxylation sites is 2. The maximum Gasteiger partial charge on any atom is 0.104 e. The highest BCUT2D eigenvalue weighted by molar-refractivity contribution is 5.88. The molecule has 5 rings (SSSR count). The van der Waals surface area contributed by atoms with Crippen LogP contribution in [0.4, 0.5) is 11.4 Å². The van der Waals surface area contributed by atoms with E-state index < -0.39 is 0 Å². The Kier molecular flexibility index (Phi) is 5.10. The third kappa shape index (κ3) is 3.49. The van der Waals surface area contributed by atoms with Gasteiger partial charge in [0, 0.05) is 29.7 Å². The van der Waals surface area contributed by atoms with Gasteiger partial charge in [-0.05, 0) is 46.2 Å². The molecule has 1 unspecified atom stereocenters. The number of nitriles is 1. The van der Waals surface area contributed by atoms with Gasteiger partial charge in [0.15, 0.2) is 0 Å². The molecule has 0 amide bonds. The van der Waals surface area contributed by atoms with Crippen LogP contribution in [-0.2, 0) is 5.41 Å². The number of hydrogen-bond acceptors (Lipinski definition) is 2. The second kappa shape index (κ2) is 7.77. The Labute approximate surface area is 203 Å². The monoisotopic (exact) mass is 447 g/mol. The van der Waals surface area contributed by atoms with E-state index in [0.29, 0.717) is 11.5 Å². The van der Waals surface area contributed by atoms with Crippen LogP contribution in [0.2, 0.25) is 0 Å². The maximum absolute atomic E-state index is 10.4. The number of fused-ring (bicyclic) bond motifs is 2. The molecule has 3 aromatic carbocycles. The minimum absolute atomic E-state index is 0.00307. The van der Waals surface area contributed by atoms with Gasteiger partial charge < -0.3 is 9.47 Å². The fraction of sp³-hybridized carbons (Fsp3) is 0.323. The summed E-state index contributed by atoms with van der Waals surface area (Å²) in [6, 6.07) is 26.0. The Morgan fingerprint density at radius 1 is 0.794 bits per heavy atom. The fourth-order valence-electron chi connectivity index (χ4n) is 5.42. The zero-order valence-corrected chi connectivity index (χ0v) is 21.1. The number of aromatic nitrogens is 1. The first kappa shape index (κ1) is 22.3. The number of nitrogens with zero attached hydrogens (tertiary/aromatic N) is 3. The summed E-state index contributed by atoms with van der Waals surface area (Å²) in [7, 11) is 0. The second-order valence-corrected chi connectivity index (χ2v) is 11.6. The molecule has 0 bridgehead atoms. The first-order valence-corrected chi connectivity index (χ1v) is 12.1. The minimum atomic E-state index is 0.00307. The van der Waals surface area contributed by atoms with Crippen molar-refractivity contribution in [3.05, 3.63) is 89.6 Å². The van der Waals surface area contributed by atoms with Crippen LogP contribution in [0.3, 0.4) is 0 Å². The molecule has 3 nitrogen and oxygen atoms in total. The van der Waals surface area contributed by atoms with Gasteiger partial charge in [0.1, 0.15) is 6.07 Å². The average Bonchev–Trinajstić information content (AvgIpc) is 3.38. The highest BCUT2D eigenvalue weighted by atomic mass is 15.2. The summed E-state index contributed by atoms with van der Waals surface area (Å²) in [5, 5.41) is 11.7. The van der Waals surface area contributed by atoms with E-state index in [0.717, 1.165) is 23.4 Å². The average molecular weight is 448 g/mol. The van der Waals surface area contributed by atoms with Gasteiger partial charge in [-0.25, -0.2) is 0 Å². The zero-order valence-electron chi connectivity index (χ0n) is 21.1. The normalized spacial score (nSPS) is 16.0. The van der Waals surface area contributed by atoms with Crippen LogP contribution >= 0.6 is 0 Å². The number of rotatable bonds is 2. The first-order valence-electron chi connectivity index (χ1n) is 12.1. The summed E-state index contributed by atoms with van der Waals surface area (Å²) in [5.74, 6) is 0.402. The van der Waals surface area contributed by atoms with E-state index in [4.69, 9.17) is 0 Å². The minimum Gasteiger partial charge on any atom is -0.339 e. The van der Waals surface area contributed by atoms with E-state index in [2.05, 4.69) is 130 Å². The summed E-state index contributed by atoms with van der Waals surface area (Å²) in [4.78, 5) is 2.35. The summed E-state index contributed by atoms with van der Waals surface area (Å²) in [5.41, 5.74) is 7.77. The van der Waals surface area contributed by atoms with Gasteiger partial charge in [0.05, 0.1) is 22.5 Å². The quantitative estimate of drug-likeness (QED) is 0.311. The summed E-state index contributed by atoms with van der Waals surface area (Å²) in [6.07, 6.45) is 2.22. The van der Waals surface area contributed by atoms with E-state index >= 15 is 0 Å². The zero-order chi connectivity index (χ0) is 24.3. The van der Waals surface area contributed by atoms with E-state index in [1.807, 2.05) is 0 Å². The summed E-state index contributed by atoms with van der Waals surface area (Å²) >= 11 is 0. The second-order valence-electron chi connectivity index (χ2n) is 11.6. The topological polar surface area (TPSA) is 32.0 Å². The Morgan fingerprint density at radius 3 is 2.15 bits per heavy atom. The standard InChI is InChI=1S/C31H33N3/c1-30(2,3)24-19-33(26-14-9-7-12-21(24)26)28-16-11-17-29(23(28)18-32)34-20-25(31(4,5)6)22-13-8-10-15-27(22)34/h7-17,19,25H,20H2,1-6H3. The van der Waals surface area contributed by atoms with Crippen LogP contribution in [0, 0.1) is 16.7 Å². The summed E-state index contributed by atoms with van der Waals surface area (Å²) < 4.78 is 2.21. The number of hydrogen-bond donors (Lipinski definition) is 0. The Morgan fingerprint density at radius 2 is 1.44 bits per heavy atom. The summed E-state index contributed by atoms with van der Waals surface area (Å²) in [6.45, 7) is 14.5.